The Kier molecular flexibility index (Phi) is 2.71. The normalized spacial score (nSPS) is 12.0. The highest BCUT2D eigenvalue weighted by Gasteiger charge is 2.13. The molecule has 0 amide bonds. The molecule has 1 heteroatoms. The van der Waals surface area contributed by atoms with Gasteiger partial charge in [0.2, 0.25) is 0 Å². The van der Waals surface area contributed by atoms with E-state index < -0.39 is 0 Å². The van der Waals surface area contributed by atoms with Gasteiger partial charge in [0.25, 0.3) is 0 Å². The zero-order valence-electron chi connectivity index (χ0n) is 10.5. The Morgan fingerprint density at radius 2 is 1.81 bits per heavy atom. The number of fused-ring (bicyclic) bond motifs is 1. The number of aromatic nitrogens is 1. The molecular formula is C15H19N. The quantitative estimate of drug-likeness (QED) is 0.695. The summed E-state index contributed by atoms with van der Waals surface area (Å²) < 4.78 is 0. The van der Waals surface area contributed by atoms with Gasteiger partial charge in [-0.1, -0.05) is 39.8 Å². The summed E-state index contributed by atoms with van der Waals surface area (Å²) in [5.74, 6) is 0. The lowest BCUT2D eigenvalue weighted by Crippen LogP contribution is -2.10. The van der Waals surface area contributed by atoms with E-state index >= 15 is 0 Å². The fourth-order valence-corrected chi connectivity index (χ4v) is 1.83. The summed E-state index contributed by atoms with van der Waals surface area (Å²) in [6.45, 7) is 8.85. The number of hydrogen-bond acceptors (Lipinski definition) is 1. The predicted octanol–water partition coefficient (Wildman–Crippen LogP) is 4.09. The summed E-state index contributed by atoms with van der Waals surface area (Å²) in [5, 5.41) is 1.24. The fourth-order valence-electron chi connectivity index (χ4n) is 1.83. The summed E-state index contributed by atoms with van der Waals surface area (Å²) in [6.07, 6.45) is 0.997. The van der Waals surface area contributed by atoms with Gasteiger partial charge in [0.15, 0.2) is 0 Å². The van der Waals surface area contributed by atoms with Crippen molar-refractivity contribution in [1.82, 2.24) is 4.98 Å². The third kappa shape index (κ3) is 2.08. The molecule has 16 heavy (non-hydrogen) atoms. The molecule has 1 heterocycles. The molecule has 1 nitrogen and oxygen atoms in total. The lowest BCUT2D eigenvalue weighted by Gasteiger charge is -2.19. The smallest absolute Gasteiger partial charge is 0.0705 e. The molecule has 0 N–H and O–H groups in total. The first-order chi connectivity index (χ1) is 7.50. The molecule has 0 saturated carbocycles. The van der Waals surface area contributed by atoms with Crippen molar-refractivity contribution in [1.29, 1.82) is 0 Å². The Labute approximate surface area is 97.5 Å². The van der Waals surface area contributed by atoms with Crippen molar-refractivity contribution >= 4 is 10.9 Å². The molecule has 0 bridgehead atoms. The lowest BCUT2D eigenvalue weighted by molar-refractivity contribution is 0.591. The van der Waals surface area contributed by atoms with Crippen molar-refractivity contribution in [2.75, 3.05) is 0 Å². The first-order valence-corrected chi connectivity index (χ1v) is 5.91. The Bertz CT molecular complexity index is 506. The van der Waals surface area contributed by atoms with Crippen LogP contribution >= 0.6 is 0 Å². The molecule has 0 aliphatic heterocycles. The van der Waals surface area contributed by atoms with Crippen LogP contribution in [0.1, 0.15) is 39.0 Å². The van der Waals surface area contributed by atoms with Crippen LogP contribution in [0.5, 0.6) is 0 Å². The van der Waals surface area contributed by atoms with Crippen LogP contribution in [0.4, 0.5) is 0 Å². The maximum absolute atomic E-state index is 4.62. The minimum Gasteiger partial charge on any atom is -0.253 e. The molecule has 0 unspecified atom stereocenters. The molecule has 0 fully saturated rings. The Morgan fingerprint density at radius 3 is 2.44 bits per heavy atom. The Hall–Kier alpha value is -1.37. The maximum atomic E-state index is 4.62. The second-order valence-electron chi connectivity index (χ2n) is 5.31. The minimum absolute atomic E-state index is 0.206. The van der Waals surface area contributed by atoms with Crippen LogP contribution in [0, 0.1) is 0 Å². The summed E-state index contributed by atoms with van der Waals surface area (Å²) in [4.78, 5) is 4.62. The van der Waals surface area contributed by atoms with E-state index in [-0.39, 0.29) is 5.41 Å². The summed E-state index contributed by atoms with van der Waals surface area (Å²) in [7, 11) is 0. The third-order valence-electron chi connectivity index (χ3n) is 2.98. The van der Waals surface area contributed by atoms with E-state index in [1.807, 2.05) is 0 Å². The average Bonchev–Trinajstić information content (AvgIpc) is 2.26. The van der Waals surface area contributed by atoms with E-state index in [4.69, 9.17) is 0 Å². The number of nitrogens with zero attached hydrogens (tertiary/aromatic N) is 1. The van der Waals surface area contributed by atoms with E-state index in [0.29, 0.717) is 0 Å². The largest absolute Gasteiger partial charge is 0.253 e. The molecule has 1 aromatic carbocycles. The molecule has 0 aliphatic rings. The summed E-state index contributed by atoms with van der Waals surface area (Å²) >= 11 is 0. The fraction of sp³-hybridized carbons (Fsp3) is 0.400. The molecule has 0 atom stereocenters. The Balaban J connectivity index is 2.56. The van der Waals surface area contributed by atoms with Crippen LogP contribution in [-0.4, -0.2) is 4.98 Å². The van der Waals surface area contributed by atoms with E-state index in [1.54, 1.807) is 0 Å². The highest BCUT2D eigenvalue weighted by molar-refractivity contribution is 5.79. The van der Waals surface area contributed by atoms with Crippen molar-refractivity contribution in [3.05, 3.63) is 41.6 Å². The van der Waals surface area contributed by atoms with Crippen molar-refractivity contribution in [3.63, 3.8) is 0 Å². The van der Waals surface area contributed by atoms with Gasteiger partial charge in [-0.15, -0.1) is 0 Å². The number of benzene rings is 1. The number of aryl methyl sites for hydroxylation is 1. The van der Waals surface area contributed by atoms with E-state index in [0.717, 1.165) is 17.6 Å². The summed E-state index contributed by atoms with van der Waals surface area (Å²) in [5.41, 5.74) is 3.84. The second kappa shape index (κ2) is 3.89. The highest BCUT2D eigenvalue weighted by atomic mass is 14.7. The molecule has 0 aliphatic carbocycles. The SMILES string of the molecule is CCc1ccc2cc(C(C)(C)C)ccc2n1. The third-order valence-corrected chi connectivity index (χ3v) is 2.98. The number of hydrogen-bond donors (Lipinski definition) is 0. The van der Waals surface area contributed by atoms with Gasteiger partial charge >= 0.3 is 0 Å². The topological polar surface area (TPSA) is 12.9 Å². The zero-order valence-corrected chi connectivity index (χ0v) is 10.5. The lowest BCUT2D eigenvalue weighted by atomic mass is 9.86. The molecule has 0 spiro atoms. The van der Waals surface area contributed by atoms with Crippen LogP contribution < -0.4 is 0 Å². The van der Waals surface area contributed by atoms with Gasteiger partial charge in [-0.2, -0.15) is 0 Å². The molecule has 0 radical (unpaired) electrons. The molecule has 1 aromatic heterocycles. The summed E-state index contributed by atoms with van der Waals surface area (Å²) in [6, 6.07) is 10.9. The second-order valence-corrected chi connectivity index (χ2v) is 5.31. The maximum Gasteiger partial charge on any atom is 0.0705 e. The van der Waals surface area contributed by atoms with Crippen LogP contribution in [-0.2, 0) is 11.8 Å². The monoisotopic (exact) mass is 213 g/mol. The molecular weight excluding hydrogens is 194 g/mol. The van der Waals surface area contributed by atoms with Gasteiger partial charge in [-0.05, 0) is 35.6 Å². The zero-order chi connectivity index (χ0) is 11.8. The van der Waals surface area contributed by atoms with Gasteiger partial charge in [0.1, 0.15) is 0 Å². The van der Waals surface area contributed by atoms with E-state index in [9.17, 15) is 0 Å². The van der Waals surface area contributed by atoms with Crippen molar-refractivity contribution in [2.45, 2.75) is 39.5 Å². The molecule has 0 saturated heterocycles. The van der Waals surface area contributed by atoms with Gasteiger partial charge in [-0.3, -0.25) is 4.98 Å². The van der Waals surface area contributed by atoms with Crippen LogP contribution in [0.3, 0.4) is 0 Å². The van der Waals surface area contributed by atoms with Crippen molar-refractivity contribution < 1.29 is 0 Å². The van der Waals surface area contributed by atoms with Gasteiger partial charge < -0.3 is 0 Å². The van der Waals surface area contributed by atoms with E-state index in [1.165, 1.54) is 10.9 Å². The molecule has 2 rings (SSSR count). The van der Waals surface area contributed by atoms with Gasteiger partial charge in [0, 0.05) is 11.1 Å². The highest BCUT2D eigenvalue weighted by Crippen LogP contribution is 2.25. The van der Waals surface area contributed by atoms with Crippen molar-refractivity contribution in [2.24, 2.45) is 0 Å². The van der Waals surface area contributed by atoms with Crippen LogP contribution in [0.15, 0.2) is 30.3 Å². The van der Waals surface area contributed by atoms with Crippen LogP contribution in [0.25, 0.3) is 10.9 Å². The first kappa shape index (κ1) is 11.1. The predicted molar refractivity (Wildman–Crippen MR) is 69.8 cm³/mol. The van der Waals surface area contributed by atoms with Gasteiger partial charge in [0.05, 0.1) is 5.52 Å². The van der Waals surface area contributed by atoms with Crippen LogP contribution in [0.2, 0.25) is 0 Å². The first-order valence-electron chi connectivity index (χ1n) is 5.91. The average molecular weight is 213 g/mol. The molecule has 84 valence electrons. The standard InChI is InChI=1S/C15H19N/c1-5-13-8-6-11-10-12(15(2,3)4)7-9-14(11)16-13/h6-10H,5H2,1-4H3. The number of rotatable bonds is 1. The Morgan fingerprint density at radius 1 is 1.06 bits per heavy atom. The van der Waals surface area contributed by atoms with Gasteiger partial charge in [-0.25, -0.2) is 0 Å². The van der Waals surface area contributed by atoms with E-state index in [2.05, 4.69) is 63.0 Å². The van der Waals surface area contributed by atoms with Crippen molar-refractivity contribution in [3.8, 4) is 0 Å². The minimum atomic E-state index is 0.206. The molecule has 2 aromatic rings. The number of pyridine rings is 1.